The van der Waals surface area contributed by atoms with E-state index in [1.54, 1.807) is 11.8 Å². The smallest absolute Gasteiger partial charge is 0.250 e. The summed E-state index contributed by atoms with van der Waals surface area (Å²) in [5.41, 5.74) is 4.29. The minimum Gasteiger partial charge on any atom is -0.363 e. The maximum Gasteiger partial charge on any atom is 0.250 e. The fourth-order valence-electron chi connectivity index (χ4n) is 7.54. The van der Waals surface area contributed by atoms with E-state index in [9.17, 15) is 28.8 Å². The lowest BCUT2D eigenvalue weighted by molar-refractivity contribution is -0.142. The van der Waals surface area contributed by atoms with Crippen LogP contribution in [0.25, 0.3) is 0 Å². The van der Waals surface area contributed by atoms with E-state index >= 15 is 0 Å². The Morgan fingerprint density at radius 1 is 0.672 bits per heavy atom. The number of carbonyl (C=O) groups excluding carboxylic acids is 6. The van der Waals surface area contributed by atoms with E-state index in [4.69, 9.17) is 0 Å². The third kappa shape index (κ3) is 11.1. The normalized spacial score (nSPS) is 17.5. The first kappa shape index (κ1) is 43.1. The molecule has 0 bridgehead atoms. The average Bonchev–Trinajstić information content (AvgIpc) is 3.88. The predicted molar refractivity (Wildman–Crippen MR) is 225 cm³/mol. The second-order valence-corrected chi connectivity index (χ2v) is 16.4. The molecule has 4 N–H and O–H groups in total. The van der Waals surface area contributed by atoms with Crippen LogP contribution in [0.1, 0.15) is 78.4 Å². The highest BCUT2D eigenvalue weighted by Gasteiger charge is 2.42. The first-order valence-electron chi connectivity index (χ1n) is 19.9. The van der Waals surface area contributed by atoms with E-state index in [-0.39, 0.29) is 35.4 Å². The molecule has 6 amide bonds. The summed E-state index contributed by atoms with van der Waals surface area (Å²) in [7, 11) is 0. The highest BCUT2D eigenvalue weighted by atomic mass is 16.2. The predicted octanol–water partition coefficient (Wildman–Crippen LogP) is 5.38. The van der Waals surface area contributed by atoms with Crippen molar-refractivity contribution >= 4 is 52.5 Å². The van der Waals surface area contributed by atoms with Crippen molar-refractivity contribution in [1.82, 2.24) is 20.4 Å². The number of likely N-dealkylation sites (tertiary alicyclic amines) is 2. The Bertz CT molecular complexity index is 1980. The molecule has 2 saturated heterocycles. The maximum atomic E-state index is 13.6. The fourth-order valence-corrected chi connectivity index (χ4v) is 7.54. The summed E-state index contributed by atoms with van der Waals surface area (Å²) in [5, 5.41) is 11.4. The van der Waals surface area contributed by atoms with E-state index in [1.165, 1.54) is 18.7 Å². The van der Waals surface area contributed by atoms with E-state index < -0.39 is 29.6 Å². The van der Waals surface area contributed by atoms with Crippen LogP contribution in [0.3, 0.4) is 0 Å². The Labute approximate surface area is 341 Å². The molecule has 13 nitrogen and oxygen atoms in total. The topological polar surface area (TPSA) is 160 Å². The van der Waals surface area contributed by atoms with Crippen molar-refractivity contribution in [1.29, 1.82) is 0 Å². The molecule has 2 heterocycles. The summed E-state index contributed by atoms with van der Waals surface area (Å²) < 4.78 is 0. The number of hydrogen-bond donors (Lipinski definition) is 4. The number of hydrogen-bond acceptors (Lipinski definition) is 7. The van der Waals surface area contributed by atoms with Crippen molar-refractivity contribution in [3.63, 3.8) is 0 Å². The molecule has 0 aromatic heterocycles. The second-order valence-electron chi connectivity index (χ2n) is 16.4. The molecule has 3 aromatic carbocycles. The van der Waals surface area contributed by atoms with Gasteiger partial charge in [0, 0.05) is 57.1 Å². The monoisotopic (exact) mass is 791 g/mol. The van der Waals surface area contributed by atoms with Crippen molar-refractivity contribution in [3.05, 3.63) is 102 Å². The molecule has 2 fully saturated rings. The van der Waals surface area contributed by atoms with E-state index in [1.807, 2.05) is 99.6 Å². The van der Waals surface area contributed by atoms with Crippen molar-refractivity contribution in [2.24, 2.45) is 5.41 Å². The number of carbonyl (C=O) groups is 6. The molecule has 3 aromatic rings. The van der Waals surface area contributed by atoms with Crippen molar-refractivity contribution in [2.75, 3.05) is 28.6 Å². The highest BCUT2D eigenvalue weighted by Crippen LogP contribution is 2.28. The van der Waals surface area contributed by atoms with Crippen LogP contribution in [0.4, 0.5) is 17.1 Å². The van der Waals surface area contributed by atoms with Gasteiger partial charge < -0.3 is 36.0 Å². The molecular weight excluding hydrogens is 735 g/mol. The molecule has 0 saturated carbocycles. The van der Waals surface area contributed by atoms with E-state index in [0.29, 0.717) is 68.8 Å². The van der Waals surface area contributed by atoms with Gasteiger partial charge in [-0.3, -0.25) is 28.8 Å². The molecule has 0 radical (unpaired) electrons. The lowest BCUT2D eigenvalue weighted by atomic mass is 9.85. The Kier molecular flexibility index (Phi) is 14.1. The average molecular weight is 792 g/mol. The van der Waals surface area contributed by atoms with Crippen LogP contribution in [0, 0.1) is 5.41 Å². The van der Waals surface area contributed by atoms with Gasteiger partial charge in [0.25, 0.3) is 0 Å². The van der Waals surface area contributed by atoms with Gasteiger partial charge in [-0.1, -0.05) is 69.8 Å². The number of amides is 6. The molecule has 0 spiro atoms. The van der Waals surface area contributed by atoms with Crippen LogP contribution in [0.2, 0.25) is 0 Å². The summed E-state index contributed by atoms with van der Waals surface area (Å²) in [6, 6.07) is 22.4. The molecule has 58 heavy (non-hydrogen) atoms. The molecule has 308 valence electrons. The lowest BCUT2D eigenvalue weighted by Crippen LogP contribution is -2.56. The van der Waals surface area contributed by atoms with Crippen LogP contribution < -0.4 is 26.2 Å². The minimum absolute atomic E-state index is 0.252. The first-order chi connectivity index (χ1) is 27.5. The molecule has 13 heteroatoms. The van der Waals surface area contributed by atoms with E-state index in [2.05, 4.69) is 32.7 Å². The van der Waals surface area contributed by atoms with Gasteiger partial charge in [-0.25, -0.2) is 0 Å². The Morgan fingerprint density at radius 2 is 1.12 bits per heavy atom. The highest BCUT2D eigenvalue weighted by molar-refractivity contribution is 6.00. The van der Waals surface area contributed by atoms with Gasteiger partial charge in [-0.15, -0.1) is 0 Å². The Balaban J connectivity index is 1.21. The van der Waals surface area contributed by atoms with Crippen LogP contribution in [-0.4, -0.2) is 82.5 Å². The molecule has 0 unspecified atom stereocenters. The number of para-hydroxylation sites is 1. The Hall–Kier alpha value is -5.98. The van der Waals surface area contributed by atoms with Gasteiger partial charge in [-0.05, 0) is 91.1 Å². The number of anilines is 3. The summed E-state index contributed by atoms with van der Waals surface area (Å²) in [5.74, 6) is -1.76. The van der Waals surface area contributed by atoms with Gasteiger partial charge in [-0.2, -0.15) is 0 Å². The number of rotatable bonds is 14. The molecular formula is C45H57N7O6. The standard InChI is InChI=1S/C45H57N7O6/c1-29(2)39(46-30(3)53)43(57)51-25-11-15-37(51)41(55)48-34-21-17-32(18-22-34)27-50(36-13-9-8-10-14-36)28-33-19-23-35(24-20-33)49-42(56)38-16-12-26-52(38)44(58)40(45(5,6)7)47-31(4)54/h8-10,13-14,17-24,37-40H,1,11-12,15-16,25-28H2,2-7H3,(H,46,53)(H,47,54)(H,48,55)(H,49,56)/t37-,38-,39-,40+/m0/s1. The van der Waals surface area contributed by atoms with Gasteiger partial charge in [0.1, 0.15) is 24.2 Å². The third-order valence-corrected chi connectivity index (χ3v) is 10.5. The van der Waals surface area contributed by atoms with Crippen LogP contribution >= 0.6 is 0 Å². The largest absolute Gasteiger partial charge is 0.363 e. The quantitative estimate of drug-likeness (QED) is 0.160. The summed E-state index contributed by atoms with van der Waals surface area (Å²) in [4.78, 5) is 82.8. The maximum absolute atomic E-state index is 13.6. The van der Waals surface area contributed by atoms with Crippen LogP contribution in [0.5, 0.6) is 0 Å². The fraction of sp³-hybridized carbons (Fsp3) is 0.422. The van der Waals surface area contributed by atoms with Gasteiger partial charge >= 0.3 is 0 Å². The van der Waals surface area contributed by atoms with Gasteiger partial charge in [0.15, 0.2) is 0 Å². The van der Waals surface area contributed by atoms with Gasteiger partial charge in [0.2, 0.25) is 35.4 Å². The molecule has 4 atom stereocenters. The number of nitrogens with zero attached hydrogens (tertiary/aromatic N) is 3. The van der Waals surface area contributed by atoms with Crippen molar-refractivity contribution < 1.29 is 28.8 Å². The SMILES string of the molecule is C=C(C)[C@H](NC(C)=O)C(=O)N1CCC[C@H]1C(=O)Nc1ccc(CN(Cc2ccc(NC(=O)[C@@H]3CCCN3C(=O)[C@@H](NC(C)=O)C(C)(C)C)cc2)c2ccccc2)cc1. The summed E-state index contributed by atoms with van der Waals surface area (Å²) >= 11 is 0. The van der Waals surface area contributed by atoms with Crippen LogP contribution in [0.15, 0.2) is 91.0 Å². The molecule has 2 aliphatic heterocycles. The lowest BCUT2D eigenvalue weighted by Gasteiger charge is -2.35. The molecule has 5 rings (SSSR count). The number of benzene rings is 3. The van der Waals surface area contributed by atoms with Crippen molar-refractivity contribution in [2.45, 2.75) is 104 Å². The summed E-state index contributed by atoms with van der Waals surface area (Å²) in [6.45, 7) is 16.0. The minimum atomic E-state index is -0.881. The van der Waals surface area contributed by atoms with E-state index in [0.717, 1.165) is 16.8 Å². The third-order valence-electron chi connectivity index (χ3n) is 10.5. The molecule has 2 aliphatic rings. The molecule has 0 aliphatic carbocycles. The van der Waals surface area contributed by atoms with Crippen LogP contribution in [-0.2, 0) is 41.9 Å². The zero-order valence-corrected chi connectivity index (χ0v) is 34.5. The first-order valence-corrected chi connectivity index (χ1v) is 19.9. The summed E-state index contributed by atoms with van der Waals surface area (Å²) in [6.07, 6.45) is 2.45. The number of nitrogens with one attached hydrogen (secondary N) is 4. The van der Waals surface area contributed by atoms with Gasteiger partial charge in [0.05, 0.1) is 0 Å². The van der Waals surface area contributed by atoms with Crippen molar-refractivity contribution in [3.8, 4) is 0 Å². The zero-order chi connectivity index (χ0) is 42.1. The second kappa shape index (κ2) is 19.0. The Morgan fingerprint density at radius 3 is 1.53 bits per heavy atom. The zero-order valence-electron chi connectivity index (χ0n) is 34.5.